The first-order valence-corrected chi connectivity index (χ1v) is 7.06. The van der Waals surface area contributed by atoms with E-state index in [1.54, 1.807) is 0 Å². The van der Waals surface area contributed by atoms with Crippen molar-refractivity contribution in [2.45, 2.75) is 25.9 Å². The van der Waals surface area contributed by atoms with Gasteiger partial charge in [-0.15, -0.1) is 0 Å². The molecule has 0 bridgehead atoms. The number of aliphatic hydroxyl groups excluding tert-OH is 1. The van der Waals surface area contributed by atoms with Crippen LogP contribution in [0.15, 0.2) is 24.3 Å². The number of anilines is 1. The number of nitrogens with zero attached hydrogens (tertiary/aromatic N) is 1. The van der Waals surface area contributed by atoms with Gasteiger partial charge in [-0.05, 0) is 56.2 Å². The molecule has 1 atom stereocenters. The fourth-order valence-corrected chi connectivity index (χ4v) is 2.43. The predicted octanol–water partition coefficient (Wildman–Crippen LogP) is 2.24. The van der Waals surface area contributed by atoms with Crippen molar-refractivity contribution in [3.63, 3.8) is 0 Å². The molecule has 1 saturated heterocycles. The fourth-order valence-electron chi connectivity index (χ4n) is 2.14. The molecule has 1 aliphatic heterocycles. The van der Waals surface area contributed by atoms with E-state index in [0.29, 0.717) is 18.3 Å². The number of hydrogen-bond donors (Lipinski definition) is 2. The summed E-state index contributed by atoms with van der Waals surface area (Å²) in [6, 6.07) is 7.72. The van der Waals surface area contributed by atoms with Gasteiger partial charge in [-0.3, -0.25) is 0 Å². The van der Waals surface area contributed by atoms with Gasteiger partial charge in [0.1, 0.15) is 5.75 Å². The Morgan fingerprint density at radius 3 is 2.84 bits per heavy atom. The molecule has 0 spiro atoms. The zero-order valence-corrected chi connectivity index (χ0v) is 11.9. The van der Waals surface area contributed by atoms with Crippen LogP contribution >= 0.6 is 12.2 Å². The Morgan fingerprint density at radius 2 is 2.21 bits per heavy atom. The van der Waals surface area contributed by atoms with Crippen molar-refractivity contribution in [1.29, 1.82) is 0 Å². The lowest BCUT2D eigenvalue weighted by Gasteiger charge is -2.32. The molecule has 1 aliphatic rings. The predicted molar refractivity (Wildman–Crippen MR) is 80.6 cm³/mol. The van der Waals surface area contributed by atoms with Crippen molar-refractivity contribution in [3.05, 3.63) is 24.3 Å². The van der Waals surface area contributed by atoms with Gasteiger partial charge in [-0.2, -0.15) is 0 Å². The van der Waals surface area contributed by atoms with Crippen molar-refractivity contribution in [2.75, 3.05) is 25.0 Å². The van der Waals surface area contributed by atoms with E-state index < -0.39 is 0 Å². The third kappa shape index (κ3) is 4.08. The van der Waals surface area contributed by atoms with Crippen LogP contribution in [0, 0.1) is 0 Å². The Hall–Kier alpha value is -1.33. The number of rotatable bonds is 3. The molecule has 5 heteroatoms. The van der Waals surface area contributed by atoms with Gasteiger partial charge in [0.25, 0.3) is 0 Å². The molecule has 4 nitrogen and oxygen atoms in total. The van der Waals surface area contributed by atoms with E-state index >= 15 is 0 Å². The lowest BCUT2D eigenvalue weighted by atomic mass is 10.1. The summed E-state index contributed by atoms with van der Waals surface area (Å²) in [5.74, 6) is 0.854. The van der Waals surface area contributed by atoms with Crippen LogP contribution < -0.4 is 10.1 Å². The normalized spacial score (nSPS) is 19.1. The number of benzene rings is 1. The van der Waals surface area contributed by atoms with Gasteiger partial charge in [0, 0.05) is 18.8 Å². The number of nitrogens with one attached hydrogen (secondary N) is 1. The molecule has 1 unspecified atom stereocenters. The number of hydrogen-bond acceptors (Lipinski definition) is 3. The van der Waals surface area contributed by atoms with Gasteiger partial charge in [0.05, 0.1) is 12.7 Å². The van der Waals surface area contributed by atoms with E-state index in [4.69, 9.17) is 17.0 Å². The summed E-state index contributed by atoms with van der Waals surface area (Å²) in [6.45, 7) is 4.14. The molecule has 1 aromatic rings. The second-order valence-electron chi connectivity index (χ2n) is 4.63. The van der Waals surface area contributed by atoms with Gasteiger partial charge >= 0.3 is 0 Å². The van der Waals surface area contributed by atoms with Crippen LogP contribution in [0.1, 0.15) is 19.8 Å². The Labute approximate surface area is 119 Å². The SMILES string of the molecule is CCOc1ccc(NC(=S)N2CCCC(O)C2)cc1. The number of ether oxygens (including phenoxy) is 1. The molecule has 2 N–H and O–H groups in total. The Kier molecular flexibility index (Phi) is 4.99. The number of thiocarbonyl (C=S) groups is 1. The van der Waals surface area contributed by atoms with Crippen LogP contribution in [0.5, 0.6) is 5.75 Å². The number of likely N-dealkylation sites (tertiary alicyclic amines) is 1. The van der Waals surface area contributed by atoms with Crippen LogP contribution in [0.2, 0.25) is 0 Å². The lowest BCUT2D eigenvalue weighted by molar-refractivity contribution is 0.104. The van der Waals surface area contributed by atoms with E-state index in [0.717, 1.165) is 30.8 Å². The molecular formula is C14H20N2O2S. The molecular weight excluding hydrogens is 260 g/mol. The first-order valence-electron chi connectivity index (χ1n) is 6.66. The zero-order chi connectivity index (χ0) is 13.7. The van der Waals surface area contributed by atoms with Gasteiger partial charge in [-0.1, -0.05) is 0 Å². The zero-order valence-electron chi connectivity index (χ0n) is 11.1. The lowest BCUT2D eigenvalue weighted by Crippen LogP contribution is -2.44. The van der Waals surface area contributed by atoms with Crippen molar-refractivity contribution < 1.29 is 9.84 Å². The number of aliphatic hydroxyl groups is 1. The Morgan fingerprint density at radius 1 is 1.47 bits per heavy atom. The molecule has 0 saturated carbocycles. The van der Waals surface area contributed by atoms with E-state index in [9.17, 15) is 5.11 Å². The fraction of sp³-hybridized carbons (Fsp3) is 0.500. The molecule has 0 amide bonds. The molecule has 1 fully saturated rings. The van der Waals surface area contributed by atoms with Gasteiger partial charge in [0.15, 0.2) is 5.11 Å². The molecule has 0 aromatic heterocycles. The third-order valence-electron chi connectivity index (χ3n) is 3.10. The highest BCUT2D eigenvalue weighted by Crippen LogP contribution is 2.17. The van der Waals surface area contributed by atoms with Crippen molar-refractivity contribution >= 4 is 23.0 Å². The standard InChI is InChI=1S/C14H20N2O2S/c1-2-18-13-7-5-11(6-8-13)15-14(19)16-9-3-4-12(17)10-16/h5-8,12,17H,2-4,9-10H2,1H3,(H,15,19). The topological polar surface area (TPSA) is 44.7 Å². The largest absolute Gasteiger partial charge is 0.494 e. The summed E-state index contributed by atoms with van der Waals surface area (Å²) in [5.41, 5.74) is 0.938. The Bertz CT molecular complexity index is 422. The highest BCUT2D eigenvalue weighted by Gasteiger charge is 2.19. The highest BCUT2D eigenvalue weighted by molar-refractivity contribution is 7.80. The summed E-state index contributed by atoms with van der Waals surface area (Å²) >= 11 is 5.37. The van der Waals surface area contributed by atoms with E-state index in [1.165, 1.54) is 0 Å². The quantitative estimate of drug-likeness (QED) is 0.831. The minimum absolute atomic E-state index is 0.270. The van der Waals surface area contributed by atoms with Gasteiger partial charge in [-0.25, -0.2) is 0 Å². The summed E-state index contributed by atoms with van der Waals surface area (Å²) in [6.07, 6.45) is 1.57. The second kappa shape index (κ2) is 6.73. The van der Waals surface area contributed by atoms with Crippen LogP contribution in [0.3, 0.4) is 0 Å². The first-order chi connectivity index (χ1) is 9.19. The molecule has 0 radical (unpaired) electrons. The molecule has 1 heterocycles. The maximum Gasteiger partial charge on any atom is 0.173 e. The first kappa shape index (κ1) is 14.1. The Balaban J connectivity index is 1.90. The summed E-state index contributed by atoms with van der Waals surface area (Å²) in [7, 11) is 0. The van der Waals surface area contributed by atoms with Crippen LogP contribution in [0.4, 0.5) is 5.69 Å². The van der Waals surface area contributed by atoms with Crippen LogP contribution in [0.25, 0.3) is 0 Å². The average Bonchev–Trinajstić information content (AvgIpc) is 2.41. The highest BCUT2D eigenvalue weighted by atomic mass is 32.1. The number of piperidine rings is 1. The maximum absolute atomic E-state index is 9.64. The van der Waals surface area contributed by atoms with E-state index in [-0.39, 0.29) is 6.10 Å². The van der Waals surface area contributed by atoms with Gasteiger partial charge in [0.2, 0.25) is 0 Å². The van der Waals surface area contributed by atoms with Crippen LogP contribution in [-0.4, -0.2) is 40.9 Å². The minimum atomic E-state index is -0.270. The van der Waals surface area contributed by atoms with E-state index in [1.807, 2.05) is 36.1 Å². The number of β-amino-alcohol motifs (C(OH)–C–C–N with tert-alkyl or cyclic N) is 1. The molecule has 2 rings (SSSR count). The molecule has 0 aliphatic carbocycles. The molecule has 104 valence electrons. The summed E-state index contributed by atoms with van der Waals surface area (Å²) in [4.78, 5) is 2.01. The van der Waals surface area contributed by atoms with Gasteiger partial charge < -0.3 is 20.1 Å². The van der Waals surface area contributed by atoms with Crippen molar-refractivity contribution in [2.24, 2.45) is 0 Å². The van der Waals surface area contributed by atoms with Crippen molar-refractivity contribution in [3.8, 4) is 5.75 Å². The molecule has 19 heavy (non-hydrogen) atoms. The van der Waals surface area contributed by atoms with Crippen molar-refractivity contribution in [1.82, 2.24) is 4.90 Å². The second-order valence-corrected chi connectivity index (χ2v) is 5.02. The van der Waals surface area contributed by atoms with Crippen LogP contribution in [-0.2, 0) is 0 Å². The minimum Gasteiger partial charge on any atom is -0.494 e. The third-order valence-corrected chi connectivity index (χ3v) is 3.46. The smallest absolute Gasteiger partial charge is 0.173 e. The monoisotopic (exact) mass is 280 g/mol. The van der Waals surface area contributed by atoms with E-state index in [2.05, 4.69) is 5.32 Å². The average molecular weight is 280 g/mol. The summed E-state index contributed by atoms with van der Waals surface area (Å²) in [5, 5.41) is 13.5. The summed E-state index contributed by atoms with van der Waals surface area (Å²) < 4.78 is 5.39. The maximum atomic E-state index is 9.64. The molecule has 1 aromatic carbocycles.